The quantitative estimate of drug-likeness (QED) is 0.459. The third-order valence-electron chi connectivity index (χ3n) is 4.75. The molecule has 148 valence electrons. The van der Waals surface area contributed by atoms with Gasteiger partial charge in [-0.05, 0) is 55.7 Å². The number of carbonyl (C=O) groups excluding carboxylic acids is 1. The van der Waals surface area contributed by atoms with Gasteiger partial charge in [0.1, 0.15) is 0 Å². The normalized spacial score (nSPS) is 11.3. The van der Waals surface area contributed by atoms with Crippen molar-refractivity contribution < 1.29 is 4.79 Å². The molecule has 3 heterocycles. The predicted octanol–water partition coefficient (Wildman–Crippen LogP) is 4.88. The van der Waals surface area contributed by atoms with Gasteiger partial charge in [0.2, 0.25) is 0 Å². The van der Waals surface area contributed by atoms with Crippen LogP contribution in [-0.2, 0) is 13.0 Å². The van der Waals surface area contributed by atoms with Crippen molar-refractivity contribution in [2.75, 3.05) is 4.90 Å². The molecule has 0 bridgehead atoms. The Hall–Kier alpha value is -3.06. The molecule has 0 aliphatic carbocycles. The minimum Gasteiger partial charge on any atom is -0.278 e. The van der Waals surface area contributed by atoms with Crippen LogP contribution in [-0.4, -0.2) is 25.7 Å². The van der Waals surface area contributed by atoms with Gasteiger partial charge in [-0.2, -0.15) is 5.10 Å². The number of thiazole rings is 1. The van der Waals surface area contributed by atoms with E-state index in [1.807, 2.05) is 38.2 Å². The fourth-order valence-corrected chi connectivity index (χ4v) is 4.10. The summed E-state index contributed by atoms with van der Waals surface area (Å²) < 4.78 is 2.87. The van der Waals surface area contributed by atoms with Gasteiger partial charge in [0.05, 0.1) is 16.8 Å². The molecule has 0 N–H and O–H groups in total. The van der Waals surface area contributed by atoms with E-state index >= 15 is 0 Å². The van der Waals surface area contributed by atoms with Gasteiger partial charge in [0.25, 0.3) is 5.91 Å². The Morgan fingerprint density at radius 1 is 1.21 bits per heavy atom. The Morgan fingerprint density at radius 3 is 2.76 bits per heavy atom. The zero-order chi connectivity index (χ0) is 20.4. The smallest absolute Gasteiger partial charge is 0.278 e. The molecule has 0 saturated carbocycles. The zero-order valence-corrected chi connectivity index (χ0v) is 17.6. The number of carbonyl (C=O) groups is 1. The first-order chi connectivity index (χ1) is 14.0. The van der Waals surface area contributed by atoms with Crippen LogP contribution in [0.5, 0.6) is 0 Å². The first-order valence-corrected chi connectivity index (χ1v) is 10.5. The van der Waals surface area contributed by atoms with Crippen molar-refractivity contribution in [2.24, 2.45) is 0 Å². The molecule has 0 unspecified atom stereocenters. The number of aryl methyl sites for hydroxylation is 1. The molecule has 29 heavy (non-hydrogen) atoms. The van der Waals surface area contributed by atoms with E-state index in [0.717, 1.165) is 22.2 Å². The second-order valence-electron chi connectivity index (χ2n) is 7.18. The van der Waals surface area contributed by atoms with Crippen molar-refractivity contribution in [1.29, 1.82) is 0 Å². The van der Waals surface area contributed by atoms with Crippen molar-refractivity contribution in [3.63, 3.8) is 0 Å². The van der Waals surface area contributed by atoms with Crippen LogP contribution in [0.15, 0.2) is 55.0 Å². The minimum atomic E-state index is -0.164. The van der Waals surface area contributed by atoms with Crippen LogP contribution in [0.2, 0.25) is 0 Å². The largest absolute Gasteiger partial charge is 0.280 e. The monoisotopic (exact) mass is 405 g/mol. The van der Waals surface area contributed by atoms with E-state index in [4.69, 9.17) is 4.98 Å². The van der Waals surface area contributed by atoms with E-state index in [2.05, 4.69) is 29.1 Å². The summed E-state index contributed by atoms with van der Waals surface area (Å²) in [5.74, 6) is -0.164. The molecule has 0 aliphatic heterocycles. The third kappa shape index (κ3) is 4.05. The summed E-state index contributed by atoms with van der Waals surface area (Å²) in [6, 6.07) is 12.0. The first-order valence-electron chi connectivity index (χ1n) is 9.70. The predicted molar refractivity (Wildman–Crippen MR) is 116 cm³/mol. The lowest BCUT2D eigenvalue weighted by atomic mass is 10.2. The molecule has 0 spiro atoms. The van der Waals surface area contributed by atoms with Gasteiger partial charge in [-0.1, -0.05) is 30.4 Å². The molecule has 1 aromatic carbocycles. The highest BCUT2D eigenvalue weighted by Gasteiger charge is 2.24. The lowest BCUT2D eigenvalue weighted by Crippen LogP contribution is -2.31. The topological polar surface area (TPSA) is 63.9 Å². The second-order valence-corrected chi connectivity index (χ2v) is 8.19. The molecule has 7 heteroatoms. The van der Waals surface area contributed by atoms with Crippen LogP contribution in [0.25, 0.3) is 10.2 Å². The van der Waals surface area contributed by atoms with E-state index in [1.165, 1.54) is 16.9 Å². The number of nitrogens with zero attached hydrogens (tertiary/aromatic N) is 5. The van der Waals surface area contributed by atoms with Gasteiger partial charge < -0.3 is 0 Å². The van der Waals surface area contributed by atoms with E-state index in [9.17, 15) is 4.79 Å². The SMILES string of the molecule is CCc1ccc2nc(N(Cc3cccnc3)C(=O)c3ccn(C(C)C)n3)sc2c1. The van der Waals surface area contributed by atoms with E-state index in [-0.39, 0.29) is 11.9 Å². The third-order valence-corrected chi connectivity index (χ3v) is 5.79. The number of rotatable bonds is 6. The van der Waals surface area contributed by atoms with Crippen LogP contribution >= 0.6 is 11.3 Å². The summed E-state index contributed by atoms with van der Waals surface area (Å²) >= 11 is 1.53. The van der Waals surface area contributed by atoms with E-state index in [1.54, 1.807) is 28.0 Å². The number of amides is 1. The first kappa shape index (κ1) is 19.3. The standard InChI is InChI=1S/C22H23N5OS/c1-4-16-7-8-18-20(12-16)29-22(24-18)26(14-17-6-5-10-23-13-17)21(28)19-9-11-27(25-19)15(2)3/h5-13,15H,4,14H2,1-3H3. The van der Waals surface area contributed by atoms with Crippen LogP contribution in [0, 0.1) is 0 Å². The number of pyridine rings is 1. The highest BCUT2D eigenvalue weighted by atomic mass is 32.1. The number of hydrogen-bond donors (Lipinski definition) is 0. The number of benzene rings is 1. The average Bonchev–Trinajstić information content (AvgIpc) is 3.39. The highest BCUT2D eigenvalue weighted by molar-refractivity contribution is 7.22. The fraction of sp³-hybridized carbons (Fsp3) is 0.273. The lowest BCUT2D eigenvalue weighted by Gasteiger charge is -2.18. The van der Waals surface area contributed by atoms with Gasteiger partial charge in [-0.15, -0.1) is 0 Å². The maximum absolute atomic E-state index is 13.4. The summed E-state index contributed by atoms with van der Waals surface area (Å²) in [5, 5.41) is 5.13. The van der Waals surface area contributed by atoms with Gasteiger partial charge in [0, 0.05) is 24.6 Å². The maximum atomic E-state index is 13.4. The van der Waals surface area contributed by atoms with Crippen molar-refractivity contribution in [3.05, 3.63) is 71.8 Å². The maximum Gasteiger partial charge on any atom is 0.280 e. The minimum absolute atomic E-state index is 0.164. The van der Waals surface area contributed by atoms with Gasteiger partial charge in [-0.3, -0.25) is 19.4 Å². The summed E-state index contributed by atoms with van der Waals surface area (Å²) in [4.78, 5) is 24.0. The number of aromatic nitrogens is 4. The van der Waals surface area contributed by atoms with Crippen LogP contribution in [0.3, 0.4) is 0 Å². The van der Waals surface area contributed by atoms with Crippen molar-refractivity contribution >= 4 is 32.6 Å². The summed E-state index contributed by atoms with van der Waals surface area (Å²) in [6.45, 7) is 6.59. The Bertz CT molecular complexity index is 1130. The summed E-state index contributed by atoms with van der Waals surface area (Å²) in [7, 11) is 0. The highest BCUT2D eigenvalue weighted by Crippen LogP contribution is 2.31. The molecule has 0 fully saturated rings. The molecule has 0 aliphatic rings. The number of fused-ring (bicyclic) bond motifs is 1. The number of anilines is 1. The molecule has 6 nitrogen and oxygen atoms in total. The lowest BCUT2D eigenvalue weighted by molar-refractivity contribution is 0.0979. The summed E-state index contributed by atoms with van der Waals surface area (Å²) in [5.41, 5.74) is 3.51. The average molecular weight is 406 g/mol. The molecule has 0 saturated heterocycles. The van der Waals surface area contributed by atoms with Crippen molar-refractivity contribution in [3.8, 4) is 0 Å². The van der Waals surface area contributed by atoms with Crippen LogP contribution < -0.4 is 4.90 Å². The van der Waals surface area contributed by atoms with Crippen molar-refractivity contribution in [2.45, 2.75) is 39.8 Å². The second kappa shape index (κ2) is 8.13. The molecular weight excluding hydrogens is 382 g/mol. The molecule has 0 atom stereocenters. The van der Waals surface area contributed by atoms with Crippen LogP contribution in [0.1, 0.15) is 48.4 Å². The van der Waals surface area contributed by atoms with Gasteiger partial charge in [0.15, 0.2) is 10.8 Å². The van der Waals surface area contributed by atoms with Crippen molar-refractivity contribution in [1.82, 2.24) is 19.7 Å². The summed E-state index contributed by atoms with van der Waals surface area (Å²) in [6.07, 6.45) is 6.31. The molecule has 3 aromatic heterocycles. The van der Waals surface area contributed by atoms with Gasteiger partial charge >= 0.3 is 0 Å². The molecule has 4 aromatic rings. The Kier molecular flexibility index (Phi) is 5.40. The molecular formula is C22H23N5OS. The Morgan fingerprint density at radius 2 is 2.07 bits per heavy atom. The molecule has 4 rings (SSSR count). The number of hydrogen-bond acceptors (Lipinski definition) is 5. The Labute approximate surface area is 173 Å². The van der Waals surface area contributed by atoms with E-state index < -0.39 is 0 Å². The molecule has 0 radical (unpaired) electrons. The van der Waals surface area contributed by atoms with Crippen LogP contribution in [0.4, 0.5) is 5.13 Å². The van der Waals surface area contributed by atoms with Gasteiger partial charge in [-0.25, -0.2) is 4.98 Å². The zero-order valence-electron chi connectivity index (χ0n) is 16.7. The molecule has 1 amide bonds. The fourth-order valence-electron chi connectivity index (χ4n) is 3.07. The Balaban J connectivity index is 1.74. The van der Waals surface area contributed by atoms with E-state index in [0.29, 0.717) is 17.4 Å².